The van der Waals surface area contributed by atoms with Crippen molar-refractivity contribution in [3.05, 3.63) is 62.8 Å². The van der Waals surface area contributed by atoms with Crippen molar-refractivity contribution in [1.29, 1.82) is 0 Å². The lowest BCUT2D eigenvalue weighted by Gasteiger charge is -2.17. The largest absolute Gasteiger partial charge is 0.496 e. The highest BCUT2D eigenvalue weighted by Gasteiger charge is 2.31. The third-order valence-corrected chi connectivity index (χ3v) is 4.81. The van der Waals surface area contributed by atoms with Crippen LogP contribution in [0.15, 0.2) is 35.1 Å². The minimum atomic E-state index is -4.52. The molecule has 0 aliphatic heterocycles. The summed E-state index contributed by atoms with van der Waals surface area (Å²) in [6, 6.07) is 6.30. The lowest BCUT2D eigenvalue weighted by atomic mass is 9.99. The van der Waals surface area contributed by atoms with Gasteiger partial charge in [-0.1, -0.05) is 11.6 Å². The smallest absolute Gasteiger partial charge is 0.416 e. The van der Waals surface area contributed by atoms with Crippen molar-refractivity contribution in [2.45, 2.75) is 19.7 Å². The molecule has 154 valence electrons. The van der Waals surface area contributed by atoms with Crippen LogP contribution in [0, 0.1) is 6.92 Å². The minimum absolute atomic E-state index is 0.0788. The molecule has 0 amide bonds. The number of H-pyrrole nitrogens is 1. The van der Waals surface area contributed by atoms with Crippen LogP contribution >= 0.6 is 11.6 Å². The highest BCUT2D eigenvalue weighted by atomic mass is 35.5. The Bertz CT molecular complexity index is 1110. The van der Waals surface area contributed by atoms with Gasteiger partial charge >= 0.3 is 11.9 Å². The van der Waals surface area contributed by atoms with Crippen molar-refractivity contribution in [3.63, 3.8) is 0 Å². The molecule has 2 aromatic carbocycles. The Hall–Kier alpha value is -2.94. The fraction of sp³-hybridized carbons (Fsp3) is 0.263. The standard InChI is InChI=1S/C19H17ClF3N3O3/c1-10-6-16(29-9-17-24-25-18(27)26(17)2)13(8-14(10)20)12-7-11(19(21,22)23)4-5-15(12)28-3/h4-8H,9H2,1-3H3,(H,25,27). The molecule has 29 heavy (non-hydrogen) atoms. The number of rotatable bonds is 5. The quantitative estimate of drug-likeness (QED) is 0.657. The van der Waals surface area contributed by atoms with Gasteiger partial charge in [0.25, 0.3) is 0 Å². The highest BCUT2D eigenvalue weighted by Crippen LogP contribution is 2.42. The maximum absolute atomic E-state index is 13.2. The molecule has 3 rings (SSSR count). The van der Waals surface area contributed by atoms with Crippen LogP contribution in [-0.2, 0) is 19.8 Å². The Labute approximate surface area is 168 Å². The van der Waals surface area contributed by atoms with Crippen LogP contribution < -0.4 is 15.2 Å². The number of aryl methyl sites for hydroxylation is 1. The van der Waals surface area contributed by atoms with Crippen molar-refractivity contribution in [2.24, 2.45) is 7.05 Å². The van der Waals surface area contributed by atoms with Crippen molar-refractivity contribution >= 4 is 11.6 Å². The first kappa shape index (κ1) is 20.8. The van der Waals surface area contributed by atoms with E-state index >= 15 is 0 Å². The zero-order chi connectivity index (χ0) is 21.3. The zero-order valence-electron chi connectivity index (χ0n) is 15.7. The summed E-state index contributed by atoms with van der Waals surface area (Å²) in [7, 11) is 2.89. The number of nitrogens with zero attached hydrogens (tertiary/aromatic N) is 2. The summed E-state index contributed by atoms with van der Waals surface area (Å²) in [5, 5.41) is 6.51. The number of nitrogens with one attached hydrogen (secondary N) is 1. The Balaban J connectivity index is 2.10. The van der Waals surface area contributed by atoms with E-state index in [0.717, 1.165) is 12.1 Å². The first-order valence-electron chi connectivity index (χ1n) is 8.40. The minimum Gasteiger partial charge on any atom is -0.496 e. The van der Waals surface area contributed by atoms with E-state index in [-0.39, 0.29) is 23.7 Å². The molecule has 0 bridgehead atoms. The SMILES string of the molecule is COc1ccc(C(F)(F)F)cc1-c1cc(Cl)c(C)cc1OCc1n[nH]c(=O)n1C. The molecule has 0 saturated heterocycles. The summed E-state index contributed by atoms with van der Waals surface area (Å²) in [6.45, 7) is 1.66. The number of aromatic amines is 1. The highest BCUT2D eigenvalue weighted by molar-refractivity contribution is 6.31. The first-order chi connectivity index (χ1) is 13.6. The van der Waals surface area contributed by atoms with Crippen molar-refractivity contribution < 1.29 is 22.6 Å². The number of ether oxygens (including phenoxy) is 2. The molecule has 3 aromatic rings. The molecule has 1 aromatic heterocycles. The monoisotopic (exact) mass is 427 g/mol. The molecule has 1 N–H and O–H groups in total. The van der Waals surface area contributed by atoms with E-state index < -0.39 is 17.4 Å². The van der Waals surface area contributed by atoms with E-state index in [9.17, 15) is 18.0 Å². The van der Waals surface area contributed by atoms with Crippen LogP contribution in [0.3, 0.4) is 0 Å². The second-order valence-electron chi connectivity index (χ2n) is 6.30. The van der Waals surface area contributed by atoms with E-state index in [1.807, 2.05) is 0 Å². The van der Waals surface area contributed by atoms with Gasteiger partial charge in [-0.05, 0) is 42.8 Å². The number of aromatic nitrogens is 3. The van der Waals surface area contributed by atoms with Crippen molar-refractivity contribution in [1.82, 2.24) is 14.8 Å². The molecular weight excluding hydrogens is 411 g/mol. The molecule has 0 radical (unpaired) electrons. The molecule has 6 nitrogen and oxygen atoms in total. The average molecular weight is 428 g/mol. The van der Waals surface area contributed by atoms with Crippen LogP contribution in [0.4, 0.5) is 13.2 Å². The molecule has 0 spiro atoms. The lowest BCUT2D eigenvalue weighted by molar-refractivity contribution is -0.137. The normalized spacial score (nSPS) is 11.6. The summed E-state index contributed by atoms with van der Waals surface area (Å²) < 4.78 is 52.0. The number of methoxy groups -OCH3 is 1. The third-order valence-electron chi connectivity index (χ3n) is 4.41. The Morgan fingerprint density at radius 1 is 1.17 bits per heavy atom. The van der Waals surface area contributed by atoms with Gasteiger partial charge in [-0.15, -0.1) is 0 Å². The maximum atomic E-state index is 13.2. The van der Waals surface area contributed by atoms with Crippen LogP contribution in [0.5, 0.6) is 11.5 Å². The van der Waals surface area contributed by atoms with Gasteiger partial charge in [-0.25, -0.2) is 9.89 Å². The predicted octanol–water partition coefficient (Wildman–Crippen LogP) is 4.34. The second-order valence-corrected chi connectivity index (χ2v) is 6.71. The molecular formula is C19H17ClF3N3O3. The lowest BCUT2D eigenvalue weighted by Crippen LogP contribution is -2.15. The van der Waals surface area contributed by atoms with E-state index in [1.54, 1.807) is 13.0 Å². The van der Waals surface area contributed by atoms with Gasteiger partial charge in [0.1, 0.15) is 18.1 Å². The molecule has 0 aliphatic rings. The van der Waals surface area contributed by atoms with Gasteiger partial charge in [0.05, 0.1) is 12.7 Å². The number of halogens is 4. The number of hydrogen-bond donors (Lipinski definition) is 1. The molecule has 0 aliphatic carbocycles. The molecule has 1 heterocycles. The van der Waals surface area contributed by atoms with Crippen LogP contribution in [0.2, 0.25) is 5.02 Å². The maximum Gasteiger partial charge on any atom is 0.416 e. The van der Waals surface area contributed by atoms with Gasteiger partial charge in [-0.2, -0.15) is 18.3 Å². The molecule has 0 saturated carbocycles. The number of alkyl halides is 3. The summed E-state index contributed by atoms with van der Waals surface area (Å²) in [5.74, 6) is 0.833. The number of benzene rings is 2. The van der Waals surface area contributed by atoms with E-state index in [1.165, 1.54) is 30.9 Å². The molecule has 10 heteroatoms. The Morgan fingerprint density at radius 2 is 1.86 bits per heavy atom. The molecule has 0 atom stereocenters. The van der Waals surface area contributed by atoms with Crippen LogP contribution in [0.25, 0.3) is 11.1 Å². The zero-order valence-corrected chi connectivity index (χ0v) is 16.5. The fourth-order valence-corrected chi connectivity index (χ4v) is 2.89. The van der Waals surface area contributed by atoms with Gasteiger partial charge in [0.15, 0.2) is 5.82 Å². The van der Waals surface area contributed by atoms with E-state index in [2.05, 4.69) is 10.2 Å². The van der Waals surface area contributed by atoms with Gasteiger partial charge < -0.3 is 9.47 Å². The summed E-state index contributed by atoms with van der Waals surface area (Å²) in [5.41, 5.74) is -0.0622. The van der Waals surface area contributed by atoms with Crippen LogP contribution in [-0.4, -0.2) is 21.9 Å². The van der Waals surface area contributed by atoms with Crippen LogP contribution in [0.1, 0.15) is 17.0 Å². The van der Waals surface area contributed by atoms with Gasteiger partial charge in [0.2, 0.25) is 0 Å². The molecule has 0 unspecified atom stereocenters. The summed E-state index contributed by atoms with van der Waals surface area (Å²) in [4.78, 5) is 11.5. The van der Waals surface area contributed by atoms with Crippen molar-refractivity contribution in [3.8, 4) is 22.6 Å². The van der Waals surface area contributed by atoms with E-state index in [0.29, 0.717) is 22.0 Å². The number of hydrogen-bond acceptors (Lipinski definition) is 4. The third kappa shape index (κ3) is 4.24. The predicted molar refractivity (Wildman–Crippen MR) is 101 cm³/mol. The average Bonchev–Trinajstić information content (AvgIpc) is 2.99. The fourth-order valence-electron chi connectivity index (χ4n) is 2.73. The Kier molecular flexibility index (Phi) is 5.61. The second kappa shape index (κ2) is 7.82. The summed E-state index contributed by atoms with van der Waals surface area (Å²) in [6.07, 6.45) is -4.52. The molecule has 0 fully saturated rings. The first-order valence-corrected chi connectivity index (χ1v) is 8.78. The van der Waals surface area contributed by atoms with Gasteiger partial charge in [-0.3, -0.25) is 4.57 Å². The van der Waals surface area contributed by atoms with Crippen molar-refractivity contribution in [2.75, 3.05) is 7.11 Å². The topological polar surface area (TPSA) is 69.1 Å². The van der Waals surface area contributed by atoms with Gasteiger partial charge in [0, 0.05) is 23.2 Å². The Morgan fingerprint density at radius 3 is 2.45 bits per heavy atom. The summed E-state index contributed by atoms with van der Waals surface area (Å²) >= 11 is 6.23. The van der Waals surface area contributed by atoms with E-state index in [4.69, 9.17) is 21.1 Å².